The van der Waals surface area contributed by atoms with E-state index in [9.17, 15) is 0 Å². The lowest BCUT2D eigenvalue weighted by Crippen LogP contribution is -2.04. The van der Waals surface area contributed by atoms with Gasteiger partial charge in [0.15, 0.2) is 0 Å². The first-order valence-corrected chi connectivity index (χ1v) is 7.22. The van der Waals surface area contributed by atoms with Crippen LogP contribution in [0.4, 0.5) is 5.69 Å². The molecule has 0 fully saturated rings. The molecule has 0 radical (unpaired) electrons. The van der Waals surface area contributed by atoms with Gasteiger partial charge in [-0.2, -0.15) is 0 Å². The van der Waals surface area contributed by atoms with Crippen molar-refractivity contribution in [2.24, 2.45) is 0 Å². The number of nitrogens with zero attached hydrogens (tertiary/aromatic N) is 3. The summed E-state index contributed by atoms with van der Waals surface area (Å²) in [5, 5.41) is 8.20. The monoisotopic (exact) mass is 294 g/mol. The van der Waals surface area contributed by atoms with Crippen molar-refractivity contribution in [2.75, 3.05) is 12.3 Å². The number of benzene rings is 2. The van der Waals surface area contributed by atoms with Crippen molar-refractivity contribution in [3.8, 4) is 17.0 Å². The molecule has 0 amide bonds. The van der Waals surface area contributed by atoms with Crippen LogP contribution in [0.3, 0.4) is 0 Å². The van der Waals surface area contributed by atoms with E-state index in [1.54, 1.807) is 6.20 Å². The van der Waals surface area contributed by atoms with Gasteiger partial charge in [0.25, 0.3) is 0 Å². The first kappa shape index (κ1) is 14.1. The van der Waals surface area contributed by atoms with Crippen molar-refractivity contribution < 1.29 is 4.74 Å². The Morgan fingerprint density at radius 2 is 1.77 bits per heavy atom. The maximum Gasteiger partial charge on any atom is 0.119 e. The molecule has 1 aromatic heterocycles. The Bertz CT molecular complexity index is 732. The molecule has 3 rings (SSSR count). The fourth-order valence-corrected chi connectivity index (χ4v) is 2.28. The van der Waals surface area contributed by atoms with Gasteiger partial charge in [-0.25, -0.2) is 4.68 Å². The Balaban J connectivity index is 1.83. The molecule has 1 heterocycles. The van der Waals surface area contributed by atoms with Crippen LogP contribution >= 0.6 is 0 Å². The van der Waals surface area contributed by atoms with Gasteiger partial charge in [-0.15, -0.1) is 5.10 Å². The Hall–Kier alpha value is -2.82. The number of ether oxygens (including phenoxy) is 1. The number of nitrogens with two attached hydrogens (primary N) is 1. The van der Waals surface area contributed by atoms with E-state index >= 15 is 0 Å². The highest BCUT2D eigenvalue weighted by atomic mass is 16.5. The molecule has 0 atom stereocenters. The number of hydrogen-bond donors (Lipinski definition) is 1. The minimum atomic E-state index is 0.656. The van der Waals surface area contributed by atoms with Gasteiger partial charge in [0, 0.05) is 11.3 Å². The molecule has 0 unspecified atom stereocenters. The van der Waals surface area contributed by atoms with Crippen molar-refractivity contribution >= 4 is 5.69 Å². The van der Waals surface area contributed by atoms with Gasteiger partial charge >= 0.3 is 0 Å². The zero-order valence-electron chi connectivity index (χ0n) is 12.4. The smallest absolute Gasteiger partial charge is 0.119 e. The number of anilines is 1. The minimum absolute atomic E-state index is 0.656. The summed E-state index contributed by atoms with van der Waals surface area (Å²) in [6.45, 7) is 3.29. The third kappa shape index (κ3) is 3.09. The van der Waals surface area contributed by atoms with Crippen LogP contribution in [0.5, 0.6) is 5.75 Å². The van der Waals surface area contributed by atoms with Gasteiger partial charge in [0.1, 0.15) is 5.75 Å². The van der Waals surface area contributed by atoms with E-state index in [0.717, 1.165) is 28.3 Å². The fourth-order valence-electron chi connectivity index (χ4n) is 2.28. The summed E-state index contributed by atoms with van der Waals surface area (Å²) in [6, 6.07) is 15.7. The van der Waals surface area contributed by atoms with Crippen LogP contribution in [-0.2, 0) is 6.54 Å². The third-order valence-corrected chi connectivity index (χ3v) is 3.39. The Morgan fingerprint density at radius 1 is 1.05 bits per heavy atom. The second-order valence-corrected chi connectivity index (χ2v) is 4.98. The number of rotatable bonds is 5. The molecule has 3 aromatic rings. The average molecular weight is 294 g/mol. The van der Waals surface area contributed by atoms with Crippen LogP contribution in [-0.4, -0.2) is 21.6 Å². The van der Waals surface area contributed by atoms with Crippen molar-refractivity contribution in [2.45, 2.75) is 13.5 Å². The van der Waals surface area contributed by atoms with Crippen LogP contribution in [0.25, 0.3) is 11.3 Å². The molecule has 2 N–H and O–H groups in total. The Morgan fingerprint density at radius 3 is 2.45 bits per heavy atom. The zero-order valence-corrected chi connectivity index (χ0v) is 12.4. The molecule has 0 bridgehead atoms. The van der Waals surface area contributed by atoms with Crippen molar-refractivity contribution in [3.63, 3.8) is 0 Å². The van der Waals surface area contributed by atoms with E-state index in [0.29, 0.717) is 13.2 Å². The first-order chi connectivity index (χ1) is 10.8. The number of aromatic nitrogens is 3. The average Bonchev–Trinajstić information content (AvgIpc) is 2.99. The van der Waals surface area contributed by atoms with E-state index in [1.807, 2.05) is 60.1 Å². The largest absolute Gasteiger partial charge is 0.494 e. The normalized spacial score (nSPS) is 10.6. The predicted molar refractivity (Wildman–Crippen MR) is 86.6 cm³/mol. The highest BCUT2D eigenvalue weighted by Crippen LogP contribution is 2.22. The standard InChI is InChI=1S/C17H18N4O/c1-2-22-16-9-5-14(6-10-16)17-11-19-20-21(17)12-13-3-7-15(18)8-4-13/h3-11H,2,12,18H2,1H3. The van der Waals surface area contributed by atoms with Gasteiger partial charge in [-0.05, 0) is 48.9 Å². The summed E-state index contributed by atoms with van der Waals surface area (Å²) in [4.78, 5) is 0. The Labute approximate surface area is 129 Å². The van der Waals surface area contributed by atoms with Crippen LogP contribution in [0, 0.1) is 0 Å². The van der Waals surface area contributed by atoms with Crippen LogP contribution < -0.4 is 10.5 Å². The molecule has 0 spiro atoms. The molecule has 2 aromatic carbocycles. The third-order valence-electron chi connectivity index (χ3n) is 3.39. The van der Waals surface area contributed by atoms with E-state index in [4.69, 9.17) is 10.5 Å². The van der Waals surface area contributed by atoms with Crippen molar-refractivity contribution in [1.29, 1.82) is 0 Å². The molecule has 112 valence electrons. The quantitative estimate of drug-likeness (QED) is 0.735. The van der Waals surface area contributed by atoms with E-state index in [-0.39, 0.29) is 0 Å². The van der Waals surface area contributed by atoms with Crippen molar-refractivity contribution in [1.82, 2.24) is 15.0 Å². The molecule has 5 nitrogen and oxygen atoms in total. The maximum absolute atomic E-state index is 5.71. The minimum Gasteiger partial charge on any atom is -0.494 e. The van der Waals surface area contributed by atoms with Gasteiger partial charge in [-0.3, -0.25) is 0 Å². The fraction of sp³-hybridized carbons (Fsp3) is 0.176. The second kappa shape index (κ2) is 6.30. The summed E-state index contributed by atoms with van der Waals surface area (Å²) in [5.74, 6) is 0.865. The van der Waals surface area contributed by atoms with Gasteiger partial charge in [-0.1, -0.05) is 17.3 Å². The van der Waals surface area contributed by atoms with Crippen LogP contribution in [0.1, 0.15) is 12.5 Å². The number of nitrogen functional groups attached to an aromatic ring is 1. The molecule has 0 aliphatic rings. The summed E-state index contributed by atoms with van der Waals surface area (Å²) < 4.78 is 7.34. The van der Waals surface area contributed by atoms with E-state index < -0.39 is 0 Å². The Kier molecular flexibility index (Phi) is 4.05. The van der Waals surface area contributed by atoms with E-state index in [2.05, 4.69) is 10.3 Å². The summed E-state index contributed by atoms with van der Waals surface area (Å²) in [6.07, 6.45) is 1.77. The molecule has 0 saturated carbocycles. The van der Waals surface area contributed by atoms with Gasteiger partial charge < -0.3 is 10.5 Å². The lowest BCUT2D eigenvalue weighted by molar-refractivity contribution is 0.340. The van der Waals surface area contributed by atoms with E-state index in [1.165, 1.54) is 0 Å². The second-order valence-electron chi connectivity index (χ2n) is 4.98. The summed E-state index contributed by atoms with van der Waals surface area (Å²) in [7, 11) is 0. The maximum atomic E-state index is 5.71. The molecule has 0 saturated heterocycles. The number of hydrogen-bond acceptors (Lipinski definition) is 4. The molecule has 22 heavy (non-hydrogen) atoms. The van der Waals surface area contributed by atoms with Crippen molar-refractivity contribution in [3.05, 3.63) is 60.3 Å². The van der Waals surface area contributed by atoms with Gasteiger partial charge in [0.2, 0.25) is 0 Å². The molecule has 0 aliphatic heterocycles. The first-order valence-electron chi connectivity index (χ1n) is 7.22. The lowest BCUT2D eigenvalue weighted by atomic mass is 10.1. The highest BCUT2D eigenvalue weighted by Gasteiger charge is 2.07. The predicted octanol–water partition coefficient (Wildman–Crippen LogP) is 2.97. The topological polar surface area (TPSA) is 66.0 Å². The molecular weight excluding hydrogens is 276 g/mol. The highest BCUT2D eigenvalue weighted by molar-refractivity contribution is 5.59. The molecule has 5 heteroatoms. The summed E-state index contributed by atoms with van der Waals surface area (Å²) in [5.41, 5.74) is 9.63. The molecular formula is C17H18N4O. The SMILES string of the molecule is CCOc1ccc(-c2cnnn2Cc2ccc(N)cc2)cc1. The van der Waals surface area contributed by atoms with Crippen LogP contribution in [0.2, 0.25) is 0 Å². The lowest BCUT2D eigenvalue weighted by Gasteiger charge is -2.08. The zero-order chi connectivity index (χ0) is 15.4. The van der Waals surface area contributed by atoms with Gasteiger partial charge in [0.05, 0.1) is 25.0 Å². The van der Waals surface area contributed by atoms with Crippen LogP contribution in [0.15, 0.2) is 54.7 Å². The summed E-state index contributed by atoms with van der Waals surface area (Å²) >= 11 is 0. The molecule has 0 aliphatic carbocycles.